The highest BCUT2D eigenvalue weighted by Crippen LogP contribution is 2.47. The van der Waals surface area contributed by atoms with Gasteiger partial charge in [-0.3, -0.25) is 4.79 Å². The molecule has 2 rings (SSSR count). The molecule has 0 bridgehead atoms. The zero-order chi connectivity index (χ0) is 14.1. The Balaban J connectivity index is 2.50. The third-order valence-corrected chi connectivity index (χ3v) is 3.42. The first-order valence-electron chi connectivity index (χ1n) is 6.21. The Bertz CT molecular complexity index is 465. The standard InChI is InChI=1S/C14H15F3O2/c1-10-5-7-11(8-6-10)13(14(15,16)17)9-3-2-4-12(18)19-13/h5-8H,2-4,9H2,1H3. The van der Waals surface area contributed by atoms with Crippen LogP contribution in [-0.4, -0.2) is 12.1 Å². The van der Waals surface area contributed by atoms with E-state index in [9.17, 15) is 18.0 Å². The highest BCUT2D eigenvalue weighted by atomic mass is 19.4. The number of hydrogen-bond acceptors (Lipinski definition) is 2. The molecule has 5 heteroatoms. The number of alkyl halides is 3. The molecule has 0 saturated carbocycles. The molecule has 0 aromatic heterocycles. The fraction of sp³-hybridized carbons (Fsp3) is 0.500. The third kappa shape index (κ3) is 2.60. The molecule has 1 aliphatic heterocycles. The van der Waals surface area contributed by atoms with E-state index in [1.54, 1.807) is 19.1 Å². The third-order valence-electron chi connectivity index (χ3n) is 3.42. The Morgan fingerprint density at radius 1 is 1.16 bits per heavy atom. The van der Waals surface area contributed by atoms with Crippen LogP contribution in [0.25, 0.3) is 0 Å². The summed E-state index contributed by atoms with van der Waals surface area (Å²) in [5, 5.41) is 0. The van der Waals surface area contributed by atoms with Crippen LogP contribution >= 0.6 is 0 Å². The van der Waals surface area contributed by atoms with Crippen LogP contribution in [0, 0.1) is 6.92 Å². The molecule has 1 atom stereocenters. The molecule has 19 heavy (non-hydrogen) atoms. The van der Waals surface area contributed by atoms with E-state index in [0.29, 0.717) is 12.8 Å². The molecule has 2 nitrogen and oxygen atoms in total. The zero-order valence-corrected chi connectivity index (χ0v) is 10.6. The molecular formula is C14H15F3O2. The van der Waals surface area contributed by atoms with Gasteiger partial charge in [0.15, 0.2) is 0 Å². The Kier molecular flexibility index (Phi) is 3.56. The molecular weight excluding hydrogens is 257 g/mol. The lowest BCUT2D eigenvalue weighted by atomic mass is 9.87. The van der Waals surface area contributed by atoms with Crippen LogP contribution < -0.4 is 0 Å². The predicted molar refractivity (Wildman–Crippen MR) is 63.5 cm³/mol. The first kappa shape index (κ1) is 13.9. The van der Waals surface area contributed by atoms with Crippen molar-refractivity contribution < 1.29 is 22.7 Å². The van der Waals surface area contributed by atoms with Gasteiger partial charge in [0.05, 0.1) is 0 Å². The van der Waals surface area contributed by atoms with Crippen molar-refractivity contribution in [3.63, 3.8) is 0 Å². The SMILES string of the molecule is Cc1ccc(C2(C(F)(F)F)CCCCC(=O)O2)cc1. The number of ether oxygens (including phenoxy) is 1. The summed E-state index contributed by atoms with van der Waals surface area (Å²) >= 11 is 0. The van der Waals surface area contributed by atoms with Gasteiger partial charge < -0.3 is 4.74 Å². The smallest absolute Gasteiger partial charge is 0.432 e. The highest BCUT2D eigenvalue weighted by molar-refractivity contribution is 5.70. The van der Waals surface area contributed by atoms with Crippen molar-refractivity contribution >= 4 is 5.97 Å². The van der Waals surface area contributed by atoms with Crippen molar-refractivity contribution in [2.75, 3.05) is 0 Å². The van der Waals surface area contributed by atoms with Crippen LogP contribution in [0.2, 0.25) is 0 Å². The Morgan fingerprint density at radius 2 is 1.79 bits per heavy atom. The summed E-state index contributed by atoms with van der Waals surface area (Å²) in [5.74, 6) is -0.782. The molecule has 0 radical (unpaired) electrons. The number of esters is 1. The molecule has 0 amide bonds. The minimum absolute atomic E-state index is 0.000787. The van der Waals surface area contributed by atoms with E-state index in [4.69, 9.17) is 4.74 Å². The topological polar surface area (TPSA) is 26.3 Å². The van der Waals surface area contributed by atoms with E-state index >= 15 is 0 Å². The molecule has 1 aliphatic rings. The van der Waals surface area contributed by atoms with E-state index < -0.39 is 17.7 Å². The molecule has 1 aromatic rings. The van der Waals surface area contributed by atoms with E-state index in [1.165, 1.54) is 12.1 Å². The largest absolute Gasteiger partial charge is 0.444 e. The summed E-state index contributed by atoms with van der Waals surface area (Å²) in [6, 6.07) is 5.98. The summed E-state index contributed by atoms with van der Waals surface area (Å²) < 4.78 is 45.2. The van der Waals surface area contributed by atoms with Gasteiger partial charge >= 0.3 is 12.1 Å². The van der Waals surface area contributed by atoms with Gasteiger partial charge in [0.1, 0.15) is 0 Å². The maximum Gasteiger partial charge on any atom is 0.432 e. The fourth-order valence-electron chi connectivity index (χ4n) is 2.33. The molecule has 0 N–H and O–H groups in total. The van der Waals surface area contributed by atoms with Crippen molar-refractivity contribution in [1.82, 2.24) is 0 Å². The lowest BCUT2D eigenvalue weighted by Gasteiger charge is -2.34. The number of aryl methyl sites for hydroxylation is 1. The van der Waals surface area contributed by atoms with Gasteiger partial charge in [-0.15, -0.1) is 0 Å². The summed E-state index contributed by atoms with van der Waals surface area (Å²) in [6.45, 7) is 1.79. The van der Waals surface area contributed by atoms with Crippen molar-refractivity contribution in [1.29, 1.82) is 0 Å². The number of hydrogen-bond donors (Lipinski definition) is 0. The van der Waals surface area contributed by atoms with Crippen molar-refractivity contribution in [3.05, 3.63) is 35.4 Å². The average Bonchev–Trinajstić information content (AvgIpc) is 2.52. The zero-order valence-electron chi connectivity index (χ0n) is 10.6. The van der Waals surface area contributed by atoms with Crippen molar-refractivity contribution in [2.45, 2.75) is 44.4 Å². The number of cyclic esters (lactones) is 1. The summed E-state index contributed by atoms with van der Waals surface area (Å²) in [7, 11) is 0. The second kappa shape index (κ2) is 4.87. The lowest BCUT2D eigenvalue weighted by molar-refractivity contribution is -0.276. The molecule has 104 valence electrons. The summed E-state index contributed by atoms with van der Waals surface area (Å²) in [5.41, 5.74) is -1.63. The van der Waals surface area contributed by atoms with Crippen LogP contribution in [0.4, 0.5) is 13.2 Å². The second-order valence-corrected chi connectivity index (χ2v) is 4.87. The van der Waals surface area contributed by atoms with Gasteiger partial charge in [0, 0.05) is 18.4 Å². The normalized spacial score (nSPS) is 24.7. The maximum atomic E-state index is 13.5. The first-order chi connectivity index (χ1) is 8.85. The molecule has 1 aromatic carbocycles. The quantitative estimate of drug-likeness (QED) is 0.725. The molecule has 1 unspecified atom stereocenters. The van der Waals surface area contributed by atoms with Crippen molar-refractivity contribution in [3.8, 4) is 0 Å². The number of carbonyl (C=O) groups is 1. The number of halogens is 3. The minimum atomic E-state index is -4.61. The first-order valence-corrected chi connectivity index (χ1v) is 6.21. The van der Waals surface area contributed by atoms with Gasteiger partial charge in [0.2, 0.25) is 5.60 Å². The Hall–Kier alpha value is -1.52. The Labute approximate surface area is 109 Å². The monoisotopic (exact) mass is 272 g/mol. The van der Waals surface area contributed by atoms with E-state index in [2.05, 4.69) is 0 Å². The summed E-state index contributed by atoms with van der Waals surface area (Å²) in [4.78, 5) is 11.5. The highest BCUT2D eigenvalue weighted by Gasteiger charge is 2.59. The van der Waals surface area contributed by atoms with E-state index in [0.717, 1.165) is 5.56 Å². The summed E-state index contributed by atoms with van der Waals surface area (Å²) in [6.07, 6.45) is -4.03. The van der Waals surface area contributed by atoms with Crippen LogP contribution in [0.15, 0.2) is 24.3 Å². The lowest BCUT2D eigenvalue weighted by Crippen LogP contribution is -2.45. The molecule has 0 aliphatic carbocycles. The predicted octanol–water partition coefficient (Wildman–Crippen LogP) is 3.87. The van der Waals surface area contributed by atoms with Gasteiger partial charge in [-0.2, -0.15) is 13.2 Å². The fourth-order valence-corrected chi connectivity index (χ4v) is 2.33. The molecule has 1 saturated heterocycles. The average molecular weight is 272 g/mol. The number of rotatable bonds is 1. The maximum absolute atomic E-state index is 13.5. The van der Waals surface area contributed by atoms with Gasteiger partial charge in [-0.25, -0.2) is 0 Å². The van der Waals surface area contributed by atoms with Crippen molar-refractivity contribution in [2.24, 2.45) is 0 Å². The molecule has 1 fully saturated rings. The van der Waals surface area contributed by atoms with Crippen LogP contribution in [0.5, 0.6) is 0 Å². The van der Waals surface area contributed by atoms with E-state index in [-0.39, 0.29) is 18.4 Å². The van der Waals surface area contributed by atoms with E-state index in [1.807, 2.05) is 0 Å². The van der Waals surface area contributed by atoms with Gasteiger partial charge in [-0.05, 0) is 19.8 Å². The second-order valence-electron chi connectivity index (χ2n) is 4.87. The van der Waals surface area contributed by atoms with Gasteiger partial charge in [-0.1, -0.05) is 29.8 Å². The number of carbonyl (C=O) groups excluding carboxylic acids is 1. The van der Waals surface area contributed by atoms with Gasteiger partial charge in [0.25, 0.3) is 0 Å². The van der Waals surface area contributed by atoms with Crippen LogP contribution in [0.1, 0.15) is 36.8 Å². The Morgan fingerprint density at radius 3 is 2.37 bits per heavy atom. The van der Waals surface area contributed by atoms with Crippen LogP contribution in [-0.2, 0) is 15.1 Å². The number of benzene rings is 1. The van der Waals surface area contributed by atoms with Crippen LogP contribution in [0.3, 0.4) is 0 Å². The molecule has 0 spiro atoms. The minimum Gasteiger partial charge on any atom is -0.444 e. The molecule has 1 heterocycles.